The number of likely N-dealkylation sites (tertiary alicyclic amines) is 1. The Bertz CT molecular complexity index is 636. The van der Waals surface area contributed by atoms with Crippen molar-refractivity contribution in [3.8, 4) is 17.6 Å². The van der Waals surface area contributed by atoms with Crippen molar-refractivity contribution in [1.29, 1.82) is 5.26 Å². The van der Waals surface area contributed by atoms with Crippen LogP contribution < -0.4 is 9.47 Å². The van der Waals surface area contributed by atoms with Crippen LogP contribution in [0.2, 0.25) is 0 Å². The Kier molecular flexibility index (Phi) is 5.24. The molecule has 2 aliphatic rings. The van der Waals surface area contributed by atoms with Crippen molar-refractivity contribution in [2.75, 3.05) is 20.3 Å². The third kappa shape index (κ3) is 3.48. The second-order valence-electron chi connectivity index (χ2n) is 6.61. The highest BCUT2D eigenvalue weighted by molar-refractivity contribution is 5.78. The standard InChI is InChI=1S/C19H24N2O3/c1-23-18-11-14(12-20)8-9-17(18)24-13-19(22)21-10-4-6-15-5-2-3-7-16(15)21/h8-9,11,15-16H,2-7,10,13H2,1H3. The van der Waals surface area contributed by atoms with Crippen LogP contribution in [0.25, 0.3) is 0 Å². The summed E-state index contributed by atoms with van der Waals surface area (Å²) in [6, 6.07) is 7.44. The van der Waals surface area contributed by atoms with Gasteiger partial charge in [-0.15, -0.1) is 0 Å². The van der Waals surface area contributed by atoms with Gasteiger partial charge >= 0.3 is 0 Å². The Balaban J connectivity index is 1.64. The van der Waals surface area contributed by atoms with E-state index in [2.05, 4.69) is 6.07 Å². The number of methoxy groups -OCH3 is 1. The molecule has 2 atom stereocenters. The number of amides is 1. The highest BCUT2D eigenvalue weighted by Crippen LogP contribution is 2.35. The summed E-state index contributed by atoms with van der Waals surface area (Å²) in [4.78, 5) is 14.7. The van der Waals surface area contributed by atoms with Crippen molar-refractivity contribution in [3.63, 3.8) is 0 Å². The van der Waals surface area contributed by atoms with Crippen LogP contribution in [-0.2, 0) is 4.79 Å². The molecule has 1 aliphatic carbocycles. The third-order valence-electron chi connectivity index (χ3n) is 5.21. The SMILES string of the molecule is COc1cc(C#N)ccc1OCC(=O)N1CCCC2CCCCC21. The topological polar surface area (TPSA) is 62.6 Å². The molecule has 24 heavy (non-hydrogen) atoms. The Morgan fingerprint density at radius 3 is 2.83 bits per heavy atom. The van der Waals surface area contributed by atoms with Crippen molar-refractivity contribution in [3.05, 3.63) is 23.8 Å². The first kappa shape index (κ1) is 16.6. The van der Waals surface area contributed by atoms with E-state index in [0.29, 0.717) is 29.0 Å². The summed E-state index contributed by atoms with van der Waals surface area (Å²) in [6.45, 7) is 0.860. The van der Waals surface area contributed by atoms with Gasteiger partial charge in [0, 0.05) is 18.7 Å². The largest absolute Gasteiger partial charge is 0.493 e. The molecule has 1 aliphatic heterocycles. The zero-order chi connectivity index (χ0) is 16.9. The van der Waals surface area contributed by atoms with Gasteiger partial charge in [-0.2, -0.15) is 5.26 Å². The van der Waals surface area contributed by atoms with Gasteiger partial charge in [0.15, 0.2) is 18.1 Å². The number of fused-ring (bicyclic) bond motifs is 1. The Morgan fingerprint density at radius 2 is 2.04 bits per heavy atom. The molecule has 1 saturated heterocycles. The summed E-state index contributed by atoms with van der Waals surface area (Å²) >= 11 is 0. The molecule has 0 bridgehead atoms. The molecular weight excluding hydrogens is 304 g/mol. The second-order valence-corrected chi connectivity index (χ2v) is 6.61. The summed E-state index contributed by atoms with van der Waals surface area (Å²) in [7, 11) is 1.53. The summed E-state index contributed by atoms with van der Waals surface area (Å²) in [5.41, 5.74) is 0.506. The number of nitrogens with zero attached hydrogens (tertiary/aromatic N) is 2. The van der Waals surface area contributed by atoms with E-state index in [1.807, 2.05) is 4.90 Å². The predicted molar refractivity (Wildman–Crippen MR) is 89.9 cm³/mol. The molecule has 0 N–H and O–H groups in total. The lowest BCUT2D eigenvalue weighted by molar-refractivity contribution is -0.139. The molecule has 1 aromatic rings. The fourth-order valence-electron chi connectivity index (χ4n) is 4.01. The summed E-state index contributed by atoms with van der Waals surface area (Å²) in [5, 5.41) is 8.94. The van der Waals surface area contributed by atoms with Gasteiger partial charge in [0.2, 0.25) is 0 Å². The number of rotatable bonds is 4. The van der Waals surface area contributed by atoms with E-state index >= 15 is 0 Å². The molecule has 5 heteroatoms. The zero-order valence-electron chi connectivity index (χ0n) is 14.2. The molecule has 2 fully saturated rings. The van der Waals surface area contributed by atoms with E-state index in [4.69, 9.17) is 14.7 Å². The Morgan fingerprint density at radius 1 is 1.25 bits per heavy atom. The first-order chi connectivity index (χ1) is 11.7. The van der Waals surface area contributed by atoms with Crippen LogP contribution in [-0.4, -0.2) is 37.1 Å². The van der Waals surface area contributed by atoms with Gasteiger partial charge in [-0.25, -0.2) is 0 Å². The smallest absolute Gasteiger partial charge is 0.260 e. The van der Waals surface area contributed by atoms with Gasteiger partial charge in [0.25, 0.3) is 5.91 Å². The minimum atomic E-state index is 0.0193. The molecule has 1 aromatic carbocycles. The van der Waals surface area contributed by atoms with Crippen molar-refractivity contribution in [2.24, 2.45) is 5.92 Å². The zero-order valence-corrected chi connectivity index (χ0v) is 14.2. The number of carbonyl (C=O) groups excluding carboxylic acids is 1. The fourth-order valence-corrected chi connectivity index (χ4v) is 4.01. The molecular formula is C19H24N2O3. The number of piperidine rings is 1. The minimum absolute atomic E-state index is 0.0193. The number of hydrogen-bond acceptors (Lipinski definition) is 4. The first-order valence-corrected chi connectivity index (χ1v) is 8.73. The van der Waals surface area contributed by atoms with Crippen molar-refractivity contribution >= 4 is 5.91 Å². The normalized spacial score (nSPS) is 23.1. The van der Waals surface area contributed by atoms with E-state index in [1.165, 1.54) is 32.8 Å². The van der Waals surface area contributed by atoms with E-state index < -0.39 is 0 Å². The summed E-state index contributed by atoms with van der Waals surface area (Å²) in [6.07, 6.45) is 7.22. The van der Waals surface area contributed by atoms with E-state index in [-0.39, 0.29) is 12.5 Å². The number of nitriles is 1. The molecule has 5 nitrogen and oxygen atoms in total. The second kappa shape index (κ2) is 7.57. The van der Waals surface area contributed by atoms with Gasteiger partial charge < -0.3 is 14.4 Å². The van der Waals surface area contributed by atoms with Gasteiger partial charge in [-0.3, -0.25) is 4.79 Å². The fraction of sp³-hybridized carbons (Fsp3) is 0.579. The van der Waals surface area contributed by atoms with Crippen molar-refractivity contribution in [1.82, 2.24) is 4.90 Å². The lowest BCUT2D eigenvalue weighted by Crippen LogP contribution is -2.51. The number of hydrogen-bond donors (Lipinski definition) is 0. The van der Waals surface area contributed by atoms with Crippen LogP contribution >= 0.6 is 0 Å². The molecule has 0 radical (unpaired) electrons. The van der Waals surface area contributed by atoms with Crippen LogP contribution in [0.5, 0.6) is 11.5 Å². The molecule has 1 saturated carbocycles. The molecule has 1 amide bonds. The lowest BCUT2D eigenvalue weighted by atomic mass is 9.78. The maximum Gasteiger partial charge on any atom is 0.260 e. The molecule has 0 spiro atoms. The van der Waals surface area contributed by atoms with Crippen molar-refractivity contribution in [2.45, 2.75) is 44.6 Å². The van der Waals surface area contributed by atoms with E-state index in [9.17, 15) is 4.79 Å². The molecule has 0 aromatic heterocycles. The van der Waals surface area contributed by atoms with Gasteiger partial charge in [0.05, 0.1) is 18.7 Å². The third-order valence-corrected chi connectivity index (χ3v) is 5.21. The van der Waals surface area contributed by atoms with Crippen LogP contribution in [0.4, 0.5) is 0 Å². The van der Waals surface area contributed by atoms with Gasteiger partial charge in [-0.05, 0) is 43.7 Å². The first-order valence-electron chi connectivity index (χ1n) is 8.73. The minimum Gasteiger partial charge on any atom is -0.493 e. The summed E-state index contributed by atoms with van der Waals surface area (Å²) < 4.78 is 10.9. The maximum atomic E-state index is 12.7. The van der Waals surface area contributed by atoms with Crippen LogP contribution in [0.1, 0.15) is 44.1 Å². The summed E-state index contributed by atoms with van der Waals surface area (Å²) in [5.74, 6) is 1.71. The van der Waals surface area contributed by atoms with Gasteiger partial charge in [0.1, 0.15) is 0 Å². The number of benzene rings is 1. The molecule has 128 valence electrons. The van der Waals surface area contributed by atoms with Gasteiger partial charge in [-0.1, -0.05) is 12.8 Å². The monoisotopic (exact) mass is 328 g/mol. The Hall–Kier alpha value is -2.22. The molecule has 2 unspecified atom stereocenters. The average molecular weight is 328 g/mol. The number of ether oxygens (including phenoxy) is 2. The molecule has 1 heterocycles. The molecule has 3 rings (SSSR count). The van der Waals surface area contributed by atoms with Crippen LogP contribution in [0.15, 0.2) is 18.2 Å². The highest BCUT2D eigenvalue weighted by Gasteiger charge is 2.35. The van der Waals surface area contributed by atoms with Crippen LogP contribution in [0.3, 0.4) is 0 Å². The van der Waals surface area contributed by atoms with Crippen molar-refractivity contribution < 1.29 is 14.3 Å². The Labute approximate surface area is 143 Å². The van der Waals surface area contributed by atoms with Crippen LogP contribution in [0, 0.1) is 17.2 Å². The van der Waals surface area contributed by atoms with E-state index in [1.54, 1.807) is 18.2 Å². The average Bonchev–Trinajstić information content (AvgIpc) is 2.65. The maximum absolute atomic E-state index is 12.7. The predicted octanol–water partition coefficient (Wildman–Crippen LogP) is 3.13. The highest BCUT2D eigenvalue weighted by atomic mass is 16.5. The number of carbonyl (C=O) groups is 1. The quantitative estimate of drug-likeness (QED) is 0.852. The lowest BCUT2D eigenvalue weighted by Gasteiger charge is -2.44. The van der Waals surface area contributed by atoms with E-state index in [0.717, 1.165) is 19.4 Å².